The molecule has 0 bridgehead atoms. The summed E-state index contributed by atoms with van der Waals surface area (Å²) in [6.07, 6.45) is 2.51. The van der Waals surface area contributed by atoms with Crippen LogP contribution in [0.5, 0.6) is 5.75 Å². The molecule has 0 spiro atoms. The summed E-state index contributed by atoms with van der Waals surface area (Å²) in [5, 5.41) is 22.1. The van der Waals surface area contributed by atoms with E-state index in [2.05, 4.69) is 5.32 Å². The third-order valence-electron chi connectivity index (χ3n) is 3.69. The third kappa shape index (κ3) is 2.64. The van der Waals surface area contributed by atoms with Crippen LogP contribution < -0.4 is 5.32 Å². The second-order valence-corrected chi connectivity index (χ2v) is 4.92. The van der Waals surface area contributed by atoms with E-state index in [9.17, 15) is 15.0 Å². The lowest BCUT2D eigenvalue weighted by Gasteiger charge is -2.15. The minimum Gasteiger partial charge on any atom is -0.508 e. The maximum Gasteiger partial charge on any atom is 0.251 e. The van der Waals surface area contributed by atoms with Crippen LogP contribution in [0.2, 0.25) is 0 Å². The summed E-state index contributed by atoms with van der Waals surface area (Å²) >= 11 is 0. The van der Waals surface area contributed by atoms with E-state index in [0.29, 0.717) is 17.7 Å². The van der Waals surface area contributed by atoms with Crippen molar-refractivity contribution in [1.29, 1.82) is 0 Å². The van der Waals surface area contributed by atoms with Crippen molar-refractivity contribution in [2.45, 2.75) is 32.3 Å². The van der Waals surface area contributed by atoms with Gasteiger partial charge in [-0.3, -0.25) is 4.79 Å². The molecule has 0 saturated heterocycles. The maximum atomic E-state index is 12.0. The van der Waals surface area contributed by atoms with Gasteiger partial charge < -0.3 is 15.5 Å². The molecule has 1 aromatic carbocycles. The number of carbonyl (C=O) groups excluding carboxylic acids is 1. The predicted molar refractivity (Wildman–Crippen MR) is 68.5 cm³/mol. The zero-order valence-electron chi connectivity index (χ0n) is 10.5. The fourth-order valence-electron chi connectivity index (χ4n) is 2.44. The first kappa shape index (κ1) is 12.9. The molecule has 98 valence electrons. The number of aromatic hydroxyl groups is 1. The second kappa shape index (κ2) is 5.40. The van der Waals surface area contributed by atoms with Gasteiger partial charge in [-0.2, -0.15) is 0 Å². The molecule has 2 unspecified atom stereocenters. The van der Waals surface area contributed by atoms with Crippen molar-refractivity contribution in [1.82, 2.24) is 5.32 Å². The van der Waals surface area contributed by atoms with Crippen molar-refractivity contribution in [3.05, 3.63) is 29.3 Å². The van der Waals surface area contributed by atoms with Gasteiger partial charge in [0.25, 0.3) is 5.91 Å². The molecule has 1 aliphatic rings. The third-order valence-corrected chi connectivity index (χ3v) is 3.69. The first-order valence-electron chi connectivity index (χ1n) is 6.34. The molecule has 1 fully saturated rings. The molecule has 1 amide bonds. The van der Waals surface area contributed by atoms with Crippen LogP contribution in [-0.2, 0) is 0 Å². The summed E-state index contributed by atoms with van der Waals surface area (Å²) in [6.45, 7) is 2.21. The summed E-state index contributed by atoms with van der Waals surface area (Å²) in [4.78, 5) is 12.0. The van der Waals surface area contributed by atoms with Gasteiger partial charge in [0.05, 0.1) is 6.10 Å². The maximum absolute atomic E-state index is 12.0. The Labute approximate surface area is 107 Å². The quantitative estimate of drug-likeness (QED) is 0.762. The Morgan fingerprint density at radius 2 is 2.22 bits per heavy atom. The Morgan fingerprint density at radius 3 is 2.89 bits per heavy atom. The van der Waals surface area contributed by atoms with Crippen LogP contribution in [0.4, 0.5) is 0 Å². The summed E-state index contributed by atoms with van der Waals surface area (Å²) in [7, 11) is 0. The number of benzene rings is 1. The van der Waals surface area contributed by atoms with Crippen LogP contribution in [0.25, 0.3) is 0 Å². The molecule has 0 radical (unpaired) electrons. The van der Waals surface area contributed by atoms with Gasteiger partial charge in [0.1, 0.15) is 5.75 Å². The number of aliphatic hydroxyl groups excluding tert-OH is 1. The molecule has 1 aromatic rings. The lowest BCUT2D eigenvalue weighted by molar-refractivity contribution is 0.0916. The van der Waals surface area contributed by atoms with Gasteiger partial charge in [-0.05, 0) is 31.9 Å². The Kier molecular flexibility index (Phi) is 3.87. The number of nitrogens with one attached hydrogen (secondary N) is 1. The number of rotatable bonds is 3. The van der Waals surface area contributed by atoms with E-state index >= 15 is 0 Å². The summed E-state index contributed by atoms with van der Waals surface area (Å²) < 4.78 is 0. The van der Waals surface area contributed by atoms with E-state index in [1.54, 1.807) is 25.1 Å². The van der Waals surface area contributed by atoms with Crippen LogP contribution in [0, 0.1) is 12.8 Å². The Balaban J connectivity index is 1.97. The van der Waals surface area contributed by atoms with Crippen LogP contribution in [0.3, 0.4) is 0 Å². The SMILES string of the molecule is Cc1c(O)cccc1C(=O)NCC1CCCC1O. The first-order chi connectivity index (χ1) is 8.59. The van der Waals surface area contributed by atoms with E-state index in [4.69, 9.17) is 0 Å². The van der Waals surface area contributed by atoms with Crippen LogP contribution in [-0.4, -0.2) is 28.8 Å². The van der Waals surface area contributed by atoms with E-state index in [0.717, 1.165) is 19.3 Å². The molecule has 0 aliphatic heterocycles. The average Bonchev–Trinajstić information content (AvgIpc) is 2.75. The van der Waals surface area contributed by atoms with E-state index < -0.39 is 0 Å². The topological polar surface area (TPSA) is 69.6 Å². The zero-order valence-corrected chi connectivity index (χ0v) is 10.5. The van der Waals surface area contributed by atoms with Gasteiger partial charge in [0, 0.05) is 23.6 Å². The van der Waals surface area contributed by atoms with Crippen LogP contribution >= 0.6 is 0 Å². The molecular weight excluding hydrogens is 230 g/mol. The molecule has 4 heteroatoms. The number of phenols is 1. The van der Waals surface area contributed by atoms with Crippen LogP contribution in [0.15, 0.2) is 18.2 Å². The van der Waals surface area contributed by atoms with Gasteiger partial charge in [-0.1, -0.05) is 12.5 Å². The molecule has 1 saturated carbocycles. The fourth-order valence-corrected chi connectivity index (χ4v) is 2.44. The fraction of sp³-hybridized carbons (Fsp3) is 0.500. The van der Waals surface area contributed by atoms with Crippen LogP contribution in [0.1, 0.15) is 35.2 Å². The molecule has 3 N–H and O–H groups in total. The van der Waals surface area contributed by atoms with Crippen molar-refractivity contribution in [3.63, 3.8) is 0 Å². The van der Waals surface area contributed by atoms with Gasteiger partial charge in [-0.15, -0.1) is 0 Å². The normalized spacial score (nSPS) is 23.0. The number of amides is 1. The minimum atomic E-state index is -0.296. The van der Waals surface area contributed by atoms with Gasteiger partial charge in [0.2, 0.25) is 0 Å². The van der Waals surface area contributed by atoms with Gasteiger partial charge >= 0.3 is 0 Å². The Bertz CT molecular complexity index is 445. The van der Waals surface area contributed by atoms with E-state index in [-0.39, 0.29) is 23.7 Å². The smallest absolute Gasteiger partial charge is 0.251 e. The van der Waals surface area contributed by atoms with Gasteiger partial charge in [-0.25, -0.2) is 0 Å². The molecule has 0 aromatic heterocycles. The summed E-state index contributed by atoms with van der Waals surface area (Å²) in [6, 6.07) is 4.91. The highest BCUT2D eigenvalue weighted by molar-refractivity contribution is 5.96. The molecule has 4 nitrogen and oxygen atoms in total. The van der Waals surface area contributed by atoms with Crippen molar-refractivity contribution < 1.29 is 15.0 Å². The molecule has 0 heterocycles. The highest BCUT2D eigenvalue weighted by Crippen LogP contribution is 2.25. The standard InChI is InChI=1S/C14H19NO3/c1-9-11(5-3-6-12(9)16)14(18)15-8-10-4-2-7-13(10)17/h3,5-6,10,13,16-17H,2,4,7-8H2,1H3,(H,15,18). The average molecular weight is 249 g/mol. The van der Waals surface area contributed by atoms with Crippen molar-refractivity contribution >= 4 is 5.91 Å². The monoisotopic (exact) mass is 249 g/mol. The highest BCUT2D eigenvalue weighted by atomic mass is 16.3. The highest BCUT2D eigenvalue weighted by Gasteiger charge is 2.25. The first-order valence-corrected chi connectivity index (χ1v) is 6.34. The zero-order chi connectivity index (χ0) is 13.1. The minimum absolute atomic E-state index is 0.128. The lowest BCUT2D eigenvalue weighted by Crippen LogP contribution is -2.32. The molecule has 2 atom stereocenters. The van der Waals surface area contributed by atoms with Crippen molar-refractivity contribution in [2.75, 3.05) is 6.54 Å². The number of carbonyl (C=O) groups is 1. The number of hydrogen-bond acceptors (Lipinski definition) is 3. The molecular formula is C14H19NO3. The second-order valence-electron chi connectivity index (χ2n) is 4.92. The largest absolute Gasteiger partial charge is 0.508 e. The predicted octanol–water partition coefficient (Wildman–Crippen LogP) is 1.59. The molecule has 1 aliphatic carbocycles. The van der Waals surface area contributed by atoms with Crippen molar-refractivity contribution in [3.8, 4) is 5.75 Å². The number of hydrogen-bond donors (Lipinski definition) is 3. The van der Waals surface area contributed by atoms with E-state index in [1.165, 1.54) is 0 Å². The van der Waals surface area contributed by atoms with E-state index in [1.807, 2.05) is 0 Å². The Hall–Kier alpha value is -1.55. The lowest BCUT2D eigenvalue weighted by atomic mass is 10.0. The molecule has 18 heavy (non-hydrogen) atoms. The number of aliphatic hydroxyl groups is 1. The summed E-state index contributed by atoms with van der Waals surface area (Å²) in [5.41, 5.74) is 1.07. The van der Waals surface area contributed by atoms with Gasteiger partial charge in [0.15, 0.2) is 0 Å². The van der Waals surface area contributed by atoms with Crippen molar-refractivity contribution in [2.24, 2.45) is 5.92 Å². The molecule has 2 rings (SSSR count). The Morgan fingerprint density at radius 1 is 1.44 bits per heavy atom. The summed E-state index contributed by atoms with van der Waals surface area (Å²) in [5.74, 6) is 0.0950. The number of phenolic OH excluding ortho intramolecular Hbond substituents is 1.